The number of anilines is 1. The van der Waals surface area contributed by atoms with Crippen LogP contribution in [0.25, 0.3) is 10.2 Å². The molecule has 7 heteroatoms. The first-order chi connectivity index (χ1) is 17.8. The van der Waals surface area contributed by atoms with E-state index in [1.165, 1.54) is 13.0 Å². The van der Waals surface area contributed by atoms with Crippen molar-refractivity contribution in [3.8, 4) is 6.07 Å². The van der Waals surface area contributed by atoms with Crippen molar-refractivity contribution in [2.24, 2.45) is 0 Å². The van der Waals surface area contributed by atoms with E-state index in [1.807, 2.05) is 0 Å². The van der Waals surface area contributed by atoms with Crippen LogP contribution in [0, 0.1) is 18.3 Å². The molecular weight excluding hydrogens is 378 g/mol. The van der Waals surface area contributed by atoms with Crippen molar-refractivity contribution in [2.75, 3.05) is 18.4 Å². The maximum absolute atomic E-state index is 9.43. The molecule has 0 spiro atoms. The van der Waals surface area contributed by atoms with E-state index in [-0.39, 0.29) is 37.0 Å². The molecule has 27 heavy (non-hydrogen) atoms. The van der Waals surface area contributed by atoms with Gasteiger partial charge in [-0.15, -0.1) is 11.3 Å². The molecule has 2 aromatic heterocycles. The lowest BCUT2D eigenvalue weighted by molar-refractivity contribution is 0.211. The van der Waals surface area contributed by atoms with E-state index in [0.717, 1.165) is 11.3 Å². The van der Waals surface area contributed by atoms with E-state index in [9.17, 15) is 5.26 Å². The zero-order valence-electron chi connectivity index (χ0n) is 26.0. The Balaban J connectivity index is 1.84. The Hall–Kier alpha value is -2.20. The van der Waals surface area contributed by atoms with Crippen molar-refractivity contribution in [2.45, 2.75) is 32.2 Å². The first-order valence-electron chi connectivity index (χ1n) is 13.8. The molecule has 4 rings (SSSR count). The Labute approximate surface area is 184 Å². The molecule has 0 aliphatic carbocycles. The van der Waals surface area contributed by atoms with Crippen molar-refractivity contribution < 1.29 is 16.5 Å². The molecule has 5 nitrogen and oxygen atoms in total. The Kier molecular flexibility index (Phi) is 2.57. The van der Waals surface area contributed by atoms with Gasteiger partial charge in [-0.2, -0.15) is 5.26 Å². The lowest BCUT2D eigenvalue weighted by Gasteiger charge is -2.32. The van der Waals surface area contributed by atoms with Gasteiger partial charge in [0.2, 0.25) is 0 Å². The number of hydrogen-bond donors (Lipinski definition) is 1. The van der Waals surface area contributed by atoms with Crippen LogP contribution in [-0.2, 0) is 6.50 Å². The molecule has 1 fully saturated rings. The fourth-order valence-corrected chi connectivity index (χ4v) is 3.34. The normalized spacial score (nSPS) is 27.6. The summed E-state index contributed by atoms with van der Waals surface area (Å²) in [5.74, 6) is -0.573. The smallest absolute Gasteiger partial charge is 0.162 e. The molecule has 0 amide bonds. The van der Waals surface area contributed by atoms with Crippen LogP contribution >= 0.6 is 22.9 Å². The molecule has 1 N–H and O–H groups in total. The topological polar surface area (TPSA) is 64.8 Å². The van der Waals surface area contributed by atoms with E-state index >= 15 is 0 Å². The Morgan fingerprint density at radius 2 is 2.37 bits per heavy atom. The maximum atomic E-state index is 9.43. The SMILES string of the molecule is [2H]c1nc(N([2H])C2([2H])C([2H])([2H])CN(C([2H])([2H])c3c([2H])cc(C)c(C#N)c3[2H])CC2([2H])[2H])c2c([2H])c(Cl)sc2n1. The number of benzene rings is 1. The van der Waals surface area contributed by atoms with Gasteiger partial charge < -0.3 is 5.31 Å². The van der Waals surface area contributed by atoms with Crippen molar-refractivity contribution in [1.82, 2.24) is 14.9 Å². The van der Waals surface area contributed by atoms with Gasteiger partial charge in [0.05, 0.1) is 26.8 Å². The summed E-state index contributed by atoms with van der Waals surface area (Å²) in [6.45, 7) is -3.23. The number of likely N-dealkylation sites (tertiary alicyclic amines) is 1. The quantitative estimate of drug-likeness (QED) is 0.682. The van der Waals surface area contributed by atoms with Gasteiger partial charge in [0, 0.05) is 33.8 Å². The number of halogens is 1. The third-order valence-electron chi connectivity index (χ3n) is 3.71. The number of thiophene rings is 1. The molecule has 1 aliphatic rings. The van der Waals surface area contributed by atoms with Gasteiger partial charge in [0.25, 0.3) is 0 Å². The second kappa shape index (κ2) is 7.81. The average Bonchev–Trinajstić information content (AvgIpc) is 3.08. The number of nitriles is 1. The predicted octanol–water partition coefficient (Wildman–Crippen LogP) is 4.60. The monoisotopic (exact) mass is 409 g/mol. The fourth-order valence-electron chi connectivity index (χ4n) is 2.37. The minimum Gasteiger partial charge on any atom is -0.367 e. The summed E-state index contributed by atoms with van der Waals surface area (Å²) in [4.78, 5) is 8.37. The number of piperidine rings is 1. The number of hydrogen-bond acceptors (Lipinski definition) is 6. The Morgan fingerprint density at radius 1 is 1.56 bits per heavy atom. The van der Waals surface area contributed by atoms with E-state index < -0.39 is 68.1 Å². The van der Waals surface area contributed by atoms with Crippen LogP contribution in [0.5, 0.6) is 0 Å². The lowest BCUT2D eigenvalue weighted by Crippen LogP contribution is -2.38. The number of rotatable bonds is 4. The molecule has 1 saturated heterocycles. The van der Waals surface area contributed by atoms with Gasteiger partial charge in [-0.05, 0) is 42.9 Å². The largest absolute Gasteiger partial charge is 0.367 e. The van der Waals surface area contributed by atoms with Crippen molar-refractivity contribution in [3.63, 3.8) is 0 Å². The minimum absolute atomic E-state index is 0.0226. The molecular formula is C20H20ClN5S. The van der Waals surface area contributed by atoms with Gasteiger partial charge >= 0.3 is 0 Å². The summed E-state index contributed by atoms with van der Waals surface area (Å²) in [5.41, 5.74) is -0.460. The summed E-state index contributed by atoms with van der Waals surface area (Å²) in [5, 5.41) is 9.42. The highest BCUT2D eigenvalue weighted by Crippen LogP contribution is 2.32. The summed E-state index contributed by atoms with van der Waals surface area (Å²) >= 11 is 6.84. The van der Waals surface area contributed by atoms with Gasteiger partial charge in [0.1, 0.15) is 18.3 Å². The minimum atomic E-state index is -3.08. The van der Waals surface area contributed by atoms with Gasteiger partial charge in [-0.25, -0.2) is 9.97 Å². The first-order valence-corrected chi connectivity index (χ1v) is 9.00. The second-order valence-electron chi connectivity index (χ2n) is 5.57. The van der Waals surface area contributed by atoms with Gasteiger partial charge in [-0.1, -0.05) is 23.7 Å². The average molecular weight is 410 g/mol. The van der Waals surface area contributed by atoms with Crippen LogP contribution in [0.4, 0.5) is 5.82 Å². The molecule has 3 heterocycles. The number of aromatic nitrogens is 2. The Bertz CT molecular complexity index is 1520. The van der Waals surface area contributed by atoms with E-state index in [4.69, 9.17) is 28.1 Å². The van der Waals surface area contributed by atoms with E-state index in [2.05, 4.69) is 9.97 Å². The van der Waals surface area contributed by atoms with Crippen LogP contribution < -0.4 is 5.31 Å². The fraction of sp³-hybridized carbons (Fsp3) is 0.350. The highest BCUT2D eigenvalue weighted by atomic mass is 35.5. The van der Waals surface area contributed by atoms with Crippen molar-refractivity contribution >= 4 is 39.0 Å². The van der Waals surface area contributed by atoms with Crippen LogP contribution in [0.3, 0.4) is 0 Å². The lowest BCUT2D eigenvalue weighted by atomic mass is 10.0. The molecule has 0 atom stereocenters. The molecule has 138 valence electrons. The first kappa shape index (κ1) is 8.87. The van der Waals surface area contributed by atoms with E-state index in [0.29, 0.717) is 4.90 Å². The second-order valence-corrected chi connectivity index (χ2v) is 7.17. The number of nitrogens with zero attached hydrogens (tertiary/aromatic N) is 4. The highest BCUT2D eigenvalue weighted by Gasteiger charge is 2.20. The highest BCUT2D eigenvalue weighted by molar-refractivity contribution is 7.22. The third kappa shape index (κ3) is 4.06. The molecule has 1 aromatic carbocycles. The number of fused-ring (bicyclic) bond motifs is 1. The molecule has 0 unspecified atom stereocenters. The summed E-state index contributed by atoms with van der Waals surface area (Å²) in [7, 11) is 0. The summed E-state index contributed by atoms with van der Waals surface area (Å²) < 4.78 is 102. The van der Waals surface area contributed by atoms with Crippen molar-refractivity contribution in [3.05, 3.63) is 51.5 Å². The standard InChI is InChI=1S/C20H20ClN5S/c1-13-2-3-14(8-15(13)10-22)11-26-6-4-16(5-7-26)25-19-17-9-18(21)27-20(17)24-12-23-19/h2-3,8-9,12,16H,4-7,11H2,1H3,(H,23,24,25)/i3D,4D2,5D2,8D,9D,11D2,12D,16D/hD. The summed E-state index contributed by atoms with van der Waals surface area (Å²) in [6.07, 6.45) is -6.62. The predicted molar refractivity (Wildman–Crippen MR) is 110 cm³/mol. The number of aryl methyl sites for hydroxylation is 1. The van der Waals surface area contributed by atoms with Crippen LogP contribution in [0.2, 0.25) is 5.75 Å². The molecule has 3 aromatic rings. The molecule has 0 radical (unpaired) electrons. The van der Waals surface area contributed by atoms with Gasteiger partial charge in [-0.3, -0.25) is 4.90 Å². The molecule has 1 aliphatic heterocycles. The van der Waals surface area contributed by atoms with Crippen LogP contribution in [0.1, 0.15) is 44.5 Å². The van der Waals surface area contributed by atoms with E-state index in [1.54, 1.807) is 6.07 Å². The Morgan fingerprint density at radius 3 is 3.15 bits per heavy atom. The zero-order chi connectivity index (χ0) is 29.5. The van der Waals surface area contributed by atoms with Crippen LogP contribution in [0.15, 0.2) is 30.5 Å². The van der Waals surface area contributed by atoms with Crippen molar-refractivity contribution in [1.29, 1.82) is 5.26 Å². The van der Waals surface area contributed by atoms with Crippen LogP contribution in [-0.4, -0.2) is 34.0 Å². The summed E-state index contributed by atoms with van der Waals surface area (Å²) in [6, 6.07) is -1.44. The third-order valence-corrected chi connectivity index (χ3v) is 4.80. The van der Waals surface area contributed by atoms with Gasteiger partial charge in [0.15, 0.2) is 1.41 Å². The molecule has 0 bridgehead atoms. The maximum Gasteiger partial charge on any atom is 0.162 e. The zero-order valence-corrected chi connectivity index (χ0v) is 15.6. The molecule has 0 saturated carbocycles. The number of nitrogens with one attached hydrogen (secondary N) is 1.